The van der Waals surface area contributed by atoms with Crippen molar-refractivity contribution in [3.63, 3.8) is 0 Å². The molecule has 0 unspecified atom stereocenters. The summed E-state index contributed by atoms with van der Waals surface area (Å²) in [6.07, 6.45) is 0.839. The third-order valence-corrected chi connectivity index (χ3v) is 7.11. The van der Waals surface area contributed by atoms with Gasteiger partial charge in [0.1, 0.15) is 6.07 Å². The third kappa shape index (κ3) is 4.47. The van der Waals surface area contributed by atoms with E-state index in [1.54, 1.807) is 12.1 Å². The van der Waals surface area contributed by atoms with Gasteiger partial charge in [-0.2, -0.15) is 9.57 Å². The first kappa shape index (κ1) is 20.6. The third-order valence-electron chi connectivity index (χ3n) is 4.63. The summed E-state index contributed by atoms with van der Waals surface area (Å²) in [4.78, 5) is 12.7. The molecule has 0 atom stereocenters. The number of carbonyl (C=O) groups is 1. The molecule has 2 aromatic carbocycles. The second-order valence-corrected chi connectivity index (χ2v) is 9.21. The molecule has 1 N–H and O–H groups in total. The molecule has 0 radical (unpaired) electrons. The van der Waals surface area contributed by atoms with Crippen LogP contribution >= 0.6 is 23.2 Å². The Bertz CT molecular complexity index is 1030. The van der Waals surface area contributed by atoms with Crippen molar-refractivity contribution < 1.29 is 13.2 Å². The van der Waals surface area contributed by atoms with E-state index in [1.165, 1.54) is 34.6 Å². The number of nitrogens with one attached hydrogen (secondary N) is 1. The molecule has 3 rings (SSSR count). The van der Waals surface area contributed by atoms with Crippen LogP contribution in [0, 0.1) is 17.2 Å². The van der Waals surface area contributed by atoms with Crippen molar-refractivity contribution in [2.24, 2.45) is 5.92 Å². The lowest BCUT2D eigenvalue weighted by Gasteiger charge is -2.30. The van der Waals surface area contributed by atoms with E-state index in [-0.39, 0.29) is 34.8 Å². The Labute approximate surface area is 173 Å². The van der Waals surface area contributed by atoms with Gasteiger partial charge in [0.25, 0.3) is 0 Å². The predicted molar refractivity (Wildman–Crippen MR) is 108 cm³/mol. The number of hydrogen-bond donors (Lipinski definition) is 1. The van der Waals surface area contributed by atoms with Crippen molar-refractivity contribution in [2.75, 3.05) is 18.4 Å². The van der Waals surface area contributed by atoms with Gasteiger partial charge in [-0.1, -0.05) is 23.2 Å². The topological polar surface area (TPSA) is 90.3 Å². The van der Waals surface area contributed by atoms with Gasteiger partial charge < -0.3 is 5.32 Å². The van der Waals surface area contributed by atoms with Crippen LogP contribution in [-0.4, -0.2) is 31.7 Å². The van der Waals surface area contributed by atoms with Crippen LogP contribution in [0.1, 0.15) is 18.4 Å². The molecule has 1 amide bonds. The van der Waals surface area contributed by atoms with Crippen molar-refractivity contribution in [3.05, 3.63) is 58.1 Å². The van der Waals surface area contributed by atoms with Crippen molar-refractivity contribution >= 4 is 44.8 Å². The highest BCUT2D eigenvalue weighted by Crippen LogP contribution is 2.26. The van der Waals surface area contributed by atoms with E-state index in [0.717, 1.165) is 0 Å². The van der Waals surface area contributed by atoms with Gasteiger partial charge >= 0.3 is 0 Å². The molecule has 1 heterocycles. The van der Waals surface area contributed by atoms with E-state index in [9.17, 15) is 13.2 Å². The van der Waals surface area contributed by atoms with E-state index in [2.05, 4.69) is 5.32 Å². The Morgan fingerprint density at radius 1 is 1.11 bits per heavy atom. The van der Waals surface area contributed by atoms with E-state index < -0.39 is 10.0 Å². The molecule has 0 spiro atoms. The zero-order valence-electron chi connectivity index (χ0n) is 14.7. The molecule has 1 fully saturated rings. The molecule has 1 aliphatic heterocycles. The summed E-state index contributed by atoms with van der Waals surface area (Å²) in [5.74, 6) is -0.490. The molecule has 1 saturated heterocycles. The number of nitriles is 1. The number of carbonyl (C=O) groups excluding carboxylic acids is 1. The Kier molecular flexibility index (Phi) is 6.26. The van der Waals surface area contributed by atoms with E-state index in [0.29, 0.717) is 29.1 Å². The van der Waals surface area contributed by atoms with Gasteiger partial charge in [-0.25, -0.2) is 8.42 Å². The molecule has 1 aliphatic rings. The fourth-order valence-corrected chi connectivity index (χ4v) is 4.86. The normalized spacial score (nSPS) is 15.8. The van der Waals surface area contributed by atoms with Gasteiger partial charge in [0, 0.05) is 29.7 Å². The zero-order chi connectivity index (χ0) is 20.3. The average molecular weight is 438 g/mol. The van der Waals surface area contributed by atoms with Crippen LogP contribution < -0.4 is 5.32 Å². The van der Waals surface area contributed by atoms with Crippen LogP contribution in [-0.2, 0) is 14.8 Å². The molecule has 0 bridgehead atoms. The predicted octanol–water partition coefficient (Wildman–Crippen LogP) is 3.90. The molecule has 2 aromatic rings. The zero-order valence-corrected chi connectivity index (χ0v) is 17.1. The number of benzene rings is 2. The number of sulfonamides is 1. The first-order valence-corrected chi connectivity index (χ1v) is 10.8. The lowest BCUT2D eigenvalue weighted by molar-refractivity contribution is -0.120. The molecule has 0 saturated carbocycles. The van der Waals surface area contributed by atoms with Crippen LogP contribution in [0.5, 0.6) is 0 Å². The van der Waals surface area contributed by atoms with Gasteiger partial charge in [0.05, 0.1) is 15.5 Å². The standard InChI is InChI=1S/C19H17Cl2N3O3S/c20-15-2-5-17(6-3-15)28(26,27)24-9-7-13(8-10-24)19(25)23-16-4-1-14(12-22)18(21)11-16/h1-6,11,13H,7-10H2,(H,23,25). The summed E-state index contributed by atoms with van der Waals surface area (Å²) < 4.78 is 26.8. The minimum absolute atomic E-state index is 0.187. The average Bonchev–Trinajstić information content (AvgIpc) is 2.68. The van der Waals surface area contributed by atoms with Crippen LogP contribution in [0.25, 0.3) is 0 Å². The van der Waals surface area contributed by atoms with Gasteiger partial charge in [0.2, 0.25) is 15.9 Å². The molecule has 28 heavy (non-hydrogen) atoms. The highest BCUT2D eigenvalue weighted by Gasteiger charge is 2.32. The number of piperidine rings is 1. The minimum Gasteiger partial charge on any atom is -0.326 e. The number of halogens is 2. The van der Waals surface area contributed by atoms with Crippen LogP contribution in [0.15, 0.2) is 47.4 Å². The SMILES string of the molecule is N#Cc1ccc(NC(=O)C2CCN(S(=O)(=O)c3ccc(Cl)cc3)CC2)cc1Cl. The Balaban J connectivity index is 1.62. The number of hydrogen-bond acceptors (Lipinski definition) is 4. The first-order valence-electron chi connectivity index (χ1n) is 8.57. The van der Waals surface area contributed by atoms with E-state index in [4.69, 9.17) is 28.5 Å². The lowest BCUT2D eigenvalue weighted by Crippen LogP contribution is -2.41. The molecule has 0 aromatic heterocycles. The van der Waals surface area contributed by atoms with Crippen molar-refractivity contribution in [1.29, 1.82) is 5.26 Å². The molecular weight excluding hydrogens is 421 g/mol. The number of rotatable bonds is 4. The highest BCUT2D eigenvalue weighted by atomic mass is 35.5. The fraction of sp³-hybridized carbons (Fsp3) is 0.263. The first-order chi connectivity index (χ1) is 13.3. The number of amides is 1. The lowest BCUT2D eigenvalue weighted by atomic mass is 9.97. The summed E-state index contributed by atoms with van der Waals surface area (Å²) >= 11 is 11.8. The fourth-order valence-electron chi connectivity index (χ4n) is 3.04. The monoisotopic (exact) mass is 437 g/mol. The van der Waals surface area contributed by atoms with Crippen molar-refractivity contribution in [1.82, 2.24) is 4.31 Å². The maximum absolute atomic E-state index is 12.7. The quantitative estimate of drug-likeness (QED) is 0.784. The summed E-state index contributed by atoms with van der Waals surface area (Å²) in [6.45, 7) is 0.522. The second-order valence-electron chi connectivity index (χ2n) is 6.43. The highest BCUT2D eigenvalue weighted by molar-refractivity contribution is 7.89. The summed E-state index contributed by atoms with van der Waals surface area (Å²) in [7, 11) is -3.61. The maximum atomic E-state index is 12.7. The van der Waals surface area contributed by atoms with Crippen LogP contribution in [0.4, 0.5) is 5.69 Å². The largest absolute Gasteiger partial charge is 0.326 e. The Morgan fingerprint density at radius 2 is 1.75 bits per heavy atom. The number of nitrogens with zero attached hydrogens (tertiary/aromatic N) is 2. The smallest absolute Gasteiger partial charge is 0.243 e. The molecular formula is C19H17Cl2N3O3S. The molecule has 146 valence electrons. The van der Waals surface area contributed by atoms with Crippen molar-refractivity contribution in [3.8, 4) is 6.07 Å². The van der Waals surface area contributed by atoms with E-state index >= 15 is 0 Å². The molecule has 6 nitrogen and oxygen atoms in total. The van der Waals surface area contributed by atoms with E-state index in [1.807, 2.05) is 6.07 Å². The van der Waals surface area contributed by atoms with Crippen LogP contribution in [0.2, 0.25) is 10.0 Å². The molecule has 0 aliphatic carbocycles. The minimum atomic E-state index is -3.61. The summed E-state index contributed by atoms with van der Waals surface area (Å²) in [5, 5.41) is 12.4. The van der Waals surface area contributed by atoms with Gasteiger partial charge in [-0.3, -0.25) is 4.79 Å². The molecule has 9 heteroatoms. The number of anilines is 1. The van der Waals surface area contributed by atoms with Gasteiger partial charge in [-0.05, 0) is 55.3 Å². The van der Waals surface area contributed by atoms with Gasteiger partial charge in [0.15, 0.2) is 0 Å². The summed E-state index contributed by atoms with van der Waals surface area (Å²) in [6, 6.07) is 12.7. The second kappa shape index (κ2) is 8.50. The maximum Gasteiger partial charge on any atom is 0.243 e. The Hall–Kier alpha value is -2.11. The summed E-state index contributed by atoms with van der Waals surface area (Å²) in [5.41, 5.74) is 0.839. The van der Waals surface area contributed by atoms with Gasteiger partial charge in [-0.15, -0.1) is 0 Å². The Morgan fingerprint density at radius 3 is 2.32 bits per heavy atom. The van der Waals surface area contributed by atoms with Crippen molar-refractivity contribution in [2.45, 2.75) is 17.7 Å². The van der Waals surface area contributed by atoms with Crippen LogP contribution in [0.3, 0.4) is 0 Å².